The summed E-state index contributed by atoms with van der Waals surface area (Å²) in [4.78, 5) is 21.7. The third kappa shape index (κ3) is 1.94. The summed E-state index contributed by atoms with van der Waals surface area (Å²) in [5.74, 6) is -0.194. The molecule has 0 aliphatic heterocycles. The number of aromatic amines is 1. The van der Waals surface area contributed by atoms with Crippen LogP contribution in [0, 0.1) is 0 Å². The minimum Gasteiger partial charge on any atom is -0.273 e. The Bertz CT molecular complexity index is 313. The molecule has 66 valence electrons. The van der Waals surface area contributed by atoms with Gasteiger partial charge in [-0.2, -0.15) is 9.77 Å². The minimum atomic E-state index is -0.445. The van der Waals surface area contributed by atoms with Gasteiger partial charge in [-0.1, -0.05) is 6.92 Å². The highest BCUT2D eigenvalue weighted by atomic mass is 16.2. The largest absolute Gasteiger partial charge is 0.362 e. The molecule has 0 fully saturated rings. The highest BCUT2D eigenvalue weighted by molar-refractivity contribution is 5.83. The van der Waals surface area contributed by atoms with E-state index < -0.39 is 5.69 Å². The van der Waals surface area contributed by atoms with E-state index in [9.17, 15) is 9.59 Å². The standard InChI is InChI=1S/C6H10N4O2/c1-2-3-5(11)9-10-4-7-8-6(10)12/h4H,2-3H2,1H3,(H,8,12)(H,9,11). The van der Waals surface area contributed by atoms with Gasteiger partial charge in [0.1, 0.15) is 6.33 Å². The quantitative estimate of drug-likeness (QED) is 0.638. The number of hydrogen-bond donors (Lipinski definition) is 2. The molecule has 2 N–H and O–H groups in total. The molecule has 0 aliphatic carbocycles. The maximum Gasteiger partial charge on any atom is 0.362 e. The molecule has 0 bridgehead atoms. The first-order chi connectivity index (χ1) is 5.74. The van der Waals surface area contributed by atoms with Crippen LogP contribution in [-0.2, 0) is 4.79 Å². The number of carbonyl (C=O) groups excluding carboxylic acids is 1. The Hall–Kier alpha value is -1.59. The molecule has 6 heteroatoms. The van der Waals surface area contributed by atoms with E-state index in [1.54, 1.807) is 0 Å². The molecule has 1 aromatic heterocycles. The van der Waals surface area contributed by atoms with Crippen molar-refractivity contribution in [3.8, 4) is 0 Å². The SMILES string of the molecule is CCCC(=O)Nn1cn[nH]c1=O. The molecule has 0 unspecified atom stereocenters. The molecule has 0 radical (unpaired) electrons. The van der Waals surface area contributed by atoms with Crippen LogP contribution >= 0.6 is 0 Å². The summed E-state index contributed by atoms with van der Waals surface area (Å²) in [6.07, 6.45) is 2.37. The third-order valence-corrected chi connectivity index (χ3v) is 1.27. The highest BCUT2D eigenvalue weighted by Crippen LogP contribution is 1.85. The minimum absolute atomic E-state index is 0.194. The lowest BCUT2D eigenvalue weighted by atomic mass is 10.3. The van der Waals surface area contributed by atoms with Gasteiger partial charge in [-0.05, 0) is 6.42 Å². The second-order valence-electron chi connectivity index (χ2n) is 2.32. The molecule has 0 saturated heterocycles. The van der Waals surface area contributed by atoms with Crippen LogP contribution in [0.5, 0.6) is 0 Å². The zero-order valence-corrected chi connectivity index (χ0v) is 6.70. The van der Waals surface area contributed by atoms with Crippen molar-refractivity contribution in [3.63, 3.8) is 0 Å². The molecule has 6 nitrogen and oxygen atoms in total. The fourth-order valence-electron chi connectivity index (χ4n) is 0.745. The molecule has 1 heterocycles. The smallest absolute Gasteiger partial charge is 0.273 e. The summed E-state index contributed by atoms with van der Waals surface area (Å²) in [7, 11) is 0. The molecule has 1 amide bonds. The number of aromatic nitrogens is 3. The fraction of sp³-hybridized carbons (Fsp3) is 0.500. The van der Waals surface area contributed by atoms with Gasteiger partial charge in [0, 0.05) is 6.42 Å². The first kappa shape index (κ1) is 8.51. The number of amides is 1. The Morgan fingerprint density at radius 3 is 3.08 bits per heavy atom. The highest BCUT2D eigenvalue weighted by Gasteiger charge is 2.01. The van der Waals surface area contributed by atoms with Gasteiger partial charge in [-0.25, -0.2) is 9.89 Å². The van der Waals surface area contributed by atoms with Crippen LogP contribution in [0.3, 0.4) is 0 Å². The number of rotatable bonds is 3. The van der Waals surface area contributed by atoms with Crippen molar-refractivity contribution < 1.29 is 4.79 Å². The Balaban J connectivity index is 2.58. The normalized spacial score (nSPS) is 9.75. The Labute approximate surface area is 68.6 Å². The Morgan fingerprint density at radius 2 is 2.58 bits per heavy atom. The van der Waals surface area contributed by atoms with Gasteiger partial charge in [-0.3, -0.25) is 10.2 Å². The average molecular weight is 170 g/mol. The molecule has 1 aromatic rings. The lowest BCUT2D eigenvalue weighted by molar-refractivity contribution is -0.117. The molecule has 0 atom stereocenters. The average Bonchev–Trinajstić information content (AvgIpc) is 2.37. The summed E-state index contributed by atoms with van der Waals surface area (Å²) >= 11 is 0. The maximum atomic E-state index is 11.0. The van der Waals surface area contributed by atoms with E-state index in [0.717, 1.165) is 11.1 Å². The lowest BCUT2D eigenvalue weighted by Gasteiger charge is -2.00. The number of H-pyrrole nitrogens is 1. The van der Waals surface area contributed by atoms with E-state index in [1.807, 2.05) is 6.92 Å². The molecular weight excluding hydrogens is 160 g/mol. The monoisotopic (exact) mass is 170 g/mol. The second kappa shape index (κ2) is 3.70. The number of hydrogen-bond acceptors (Lipinski definition) is 3. The van der Waals surface area contributed by atoms with E-state index in [0.29, 0.717) is 6.42 Å². The van der Waals surface area contributed by atoms with Crippen molar-refractivity contribution in [2.75, 3.05) is 5.43 Å². The lowest BCUT2D eigenvalue weighted by Crippen LogP contribution is -2.30. The summed E-state index contributed by atoms with van der Waals surface area (Å²) in [5, 5.41) is 5.60. The van der Waals surface area contributed by atoms with Crippen LogP contribution in [0.15, 0.2) is 11.1 Å². The van der Waals surface area contributed by atoms with Gasteiger partial charge in [0.05, 0.1) is 0 Å². The van der Waals surface area contributed by atoms with Crippen molar-refractivity contribution in [3.05, 3.63) is 16.8 Å². The van der Waals surface area contributed by atoms with Crippen molar-refractivity contribution in [2.24, 2.45) is 0 Å². The molecule has 0 aliphatic rings. The van der Waals surface area contributed by atoms with Crippen molar-refractivity contribution in [1.82, 2.24) is 14.9 Å². The van der Waals surface area contributed by atoms with Gasteiger partial charge in [0.25, 0.3) is 0 Å². The van der Waals surface area contributed by atoms with E-state index in [4.69, 9.17) is 0 Å². The topological polar surface area (TPSA) is 79.8 Å². The molecular formula is C6H10N4O2. The summed E-state index contributed by atoms with van der Waals surface area (Å²) in [6, 6.07) is 0. The van der Waals surface area contributed by atoms with Crippen LogP contribution in [0.1, 0.15) is 19.8 Å². The van der Waals surface area contributed by atoms with Gasteiger partial charge in [-0.15, -0.1) is 0 Å². The predicted octanol–water partition coefficient (Wildman–Crippen LogP) is -0.558. The number of nitrogens with one attached hydrogen (secondary N) is 2. The van der Waals surface area contributed by atoms with Gasteiger partial charge < -0.3 is 0 Å². The molecule has 12 heavy (non-hydrogen) atoms. The molecule has 0 spiro atoms. The molecule has 1 rings (SSSR count). The first-order valence-corrected chi connectivity index (χ1v) is 3.66. The number of carbonyl (C=O) groups is 1. The van der Waals surface area contributed by atoms with Crippen LogP contribution in [0.4, 0.5) is 0 Å². The second-order valence-corrected chi connectivity index (χ2v) is 2.32. The van der Waals surface area contributed by atoms with Crippen molar-refractivity contribution in [1.29, 1.82) is 0 Å². The van der Waals surface area contributed by atoms with E-state index in [1.165, 1.54) is 6.33 Å². The number of nitrogens with zero attached hydrogens (tertiary/aromatic N) is 2. The van der Waals surface area contributed by atoms with Crippen LogP contribution < -0.4 is 11.1 Å². The van der Waals surface area contributed by atoms with Crippen molar-refractivity contribution >= 4 is 5.91 Å². The zero-order chi connectivity index (χ0) is 8.97. The summed E-state index contributed by atoms with van der Waals surface area (Å²) < 4.78 is 1.01. The van der Waals surface area contributed by atoms with Gasteiger partial charge in [0.15, 0.2) is 0 Å². The predicted molar refractivity (Wildman–Crippen MR) is 42.1 cm³/mol. The van der Waals surface area contributed by atoms with Crippen LogP contribution in [0.2, 0.25) is 0 Å². The molecule has 0 saturated carbocycles. The van der Waals surface area contributed by atoms with Gasteiger partial charge in [0.2, 0.25) is 5.91 Å². The van der Waals surface area contributed by atoms with E-state index >= 15 is 0 Å². The van der Waals surface area contributed by atoms with Crippen LogP contribution in [0.25, 0.3) is 0 Å². The van der Waals surface area contributed by atoms with Crippen LogP contribution in [-0.4, -0.2) is 20.8 Å². The maximum absolute atomic E-state index is 11.0. The van der Waals surface area contributed by atoms with E-state index in [-0.39, 0.29) is 5.91 Å². The van der Waals surface area contributed by atoms with E-state index in [2.05, 4.69) is 15.6 Å². The van der Waals surface area contributed by atoms with Crippen molar-refractivity contribution in [2.45, 2.75) is 19.8 Å². The Morgan fingerprint density at radius 1 is 1.83 bits per heavy atom. The summed E-state index contributed by atoms with van der Waals surface area (Å²) in [6.45, 7) is 1.89. The third-order valence-electron chi connectivity index (χ3n) is 1.27. The fourth-order valence-corrected chi connectivity index (χ4v) is 0.745. The zero-order valence-electron chi connectivity index (χ0n) is 6.70. The summed E-state index contributed by atoms with van der Waals surface area (Å²) in [5.41, 5.74) is 1.92. The first-order valence-electron chi connectivity index (χ1n) is 3.66. The molecule has 0 aromatic carbocycles. The Kier molecular flexibility index (Phi) is 2.62. The van der Waals surface area contributed by atoms with Gasteiger partial charge >= 0.3 is 5.69 Å².